The van der Waals surface area contributed by atoms with Crippen LogP contribution in [0.1, 0.15) is 55.7 Å². The Hall–Kier alpha value is -0.590. The molecule has 5 nitrogen and oxygen atoms in total. The van der Waals surface area contributed by atoms with Gasteiger partial charge in [0, 0.05) is 19.1 Å². The molecule has 2 atom stereocenters. The van der Waals surface area contributed by atoms with Crippen LogP contribution in [0.2, 0.25) is 0 Å². The maximum absolute atomic E-state index is 12.6. The Kier molecular flexibility index (Phi) is 6.69. The lowest BCUT2D eigenvalue weighted by Crippen LogP contribution is -2.45. The summed E-state index contributed by atoms with van der Waals surface area (Å²) in [5.74, 6) is 0.678. The number of amides is 1. The Morgan fingerprint density at radius 2 is 2.14 bits per heavy atom. The van der Waals surface area contributed by atoms with Gasteiger partial charge in [-0.05, 0) is 47.5 Å². The van der Waals surface area contributed by atoms with Crippen molar-refractivity contribution in [2.24, 2.45) is 11.7 Å². The van der Waals surface area contributed by atoms with Gasteiger partial charge < -0.3 is 10.6 Å². The number of nitrogens with one attached hydrogen (secondary N) is 1. The number of hydrogen-bond acceptors (Lipinski definition) is 3. The largest absolute Gasteiger partial charge is 0.337 e. The number of likely N-dealkylation sites (tertiary alicyclic amines) is 1. The smallest absolute Gasteiger partial charge is 0.275 e. The maximum Gasteiger partial charge on any atom is 0.275 e. The van der Waals surface area contributed by atoms with Gasteiger partial charge in [0.25, 0.3) is 5.91 Å². The predicted octanol–water partition coefficient (Wildman–Crippen LogP) is 2.92. The molecule has 0 spiro atoms. The first kappa shape index (κ1) is 18.5. The van der Waals surface area contributed by atoms with Gasteiger partial charge >= 0.3 is 0 Å². The highest BCUT2D eigenvalue weighted by Gasteiger charge is 2.29. The van der Waals surface area contributed by atoms with Crippen molar-refractivity contribution in [2.75, 3.05) is 13.1 Å². The molecule has 0 aliphatic carbocycles. The second kappa shape index (κ2) is 7.61. The van der Waals surface area contributed by atoms with Gasteiger partial charge in [-0.1, -0.05) is 13.8 Å². The van der Waals surface area contributed by atoms with Gasteiger partial charge in [-0.3, -0.25) is 9.89 Å². The van der Waals surface area contributed by atoms with Crippen LogP contribution in [-0.2, 0) is 0 Å². The van der Waals surface area contributed by atoms with Crippen LogP contribution in [0.3, 0.4) is 0 Å². The summed E-state index contributed by atoms with van der Waals surface area (Å²) in [6, 6.07) is 0.124. The molecule has 1 aliphatic heterocycles. The van der Waals surface area contributed by atoms with Crippen LogP contribution in [0.25, 0.3) is 0 Å². The number of carbonyl (C=O) groups excluding carboxylic acids is 1. The van der Waals surface area contributed by atoms with Gasteiger partial charge in [0.1, 0.15) is 0 Å². The fraction of sp³-hybridized carbons (Fsp3) is 0.714. The van der Waals surface area contributed by atoms with Crippen LogP contribution in [0.15, 0.2) is 4.47 Å². The zero-order chi connectivity index (χ0) is 14.9. The third kappa shape index (κ3) is 3.99. The Balaban J connectivity index is 0.00000220. The molecule has 2 unspecified atom stereocenters. The van der Waals surface area contributed by atoms with Crippen molar-refractivity contribution >= 4 is 34.2 Å². The first-order valence-corrected chi connectivity index (χ1v) is 7.99. The molecule has 0 bridgehead atoms. The number of nitrogens with zero attached hydrogens (tertiary/aromatic N) is 2. The molecule has 1 aromatic rings. The van der Waals surface area contributed by atoms with Crippen molar-refractivity contribution in [3.63, 3.8) is 0 Å². The van der Waals surface area contributed by atoms with E-state index >= 15 is 0 Å². The van der Waals surface area contributed by atoms with E-state index in [1.54, 1.807) is 0 Å². The molecule has 2 heterocycles. The first-order chi connectivity index (χ1) is 9.41. The van der Waals surface area contributed by atoms with E-state index in [-0.39, 0.29) is 24.4 Å². The average Bonchev–Trinajstić information content (AvgIpc) is 2.80. The molecule has 1 aliphatic rings. The molecule has 0 aromatic carbocycles. The molecule has 2 rings (SSSR count). The minimum atomic E-state index is -0.00891. The van der Waals surface area contributed by atoms with Crippen LogP contribution in [0, 0.1) is 5.92 Å². The first-order valence-electron chi connectivity index (χ1n) is 7.20. The van der Waals surface area contributed by atoms with Gasteiger partial charge in [-0.25, -0.2) is 0 Å². The van der Waals surface area contributed by atoms with E-state index in [0.717, 1.165) is 36.1 Å². The van der Waals surface area contributed by atoms with Crippen LogP contribution < -0.4 is 5.73 Å². The number of piperidine rings is 1. The molecule has 1 saturated heterocycles. The number of nitrogens with two attached hydrogens (primary N) is 1. The average molecular weight is 380 g/mol. The zero-order valence-corrected chi connectivity index (χ0v) is 15.1. The van der Waals surface area contributed by atoms with Gasteiger partial charge in [-0.2, -0.15) is 5.10 Å². The van der Waals surface area contributed by atoms with E-state index in [4.69, 9.17) is 5.73 Å². The van der Waals surface area contributed by atoms with Gasteiger partial charge in [0.05, 0.1) is 10.2 Å². The molecule has 1 amide bonds. The molecule has 0 saturated carbocycles. The second-order valence-electron chi connectivity index (χ2n) is 5.97. The molecular weight excluding hydrogens is 356 g/mol. The van der Waals surface area contributed by atoms with Crippen molar-refractivity contribution < 1.29 is 4.79 Å². The molecule has 0 radical (unpaired) electrons. The summed E-state index contributed by atoms with van der Waals surface area (Å²) in [6.45, 7) is 7.67. The molecular formula is C14H24BrClN4O. The zero-order valence-electron chi connectivity index (χ0n) is 12.7. The fourth-order valence-corrected chi connectivity index (χ4v) is 3.44. The summed E-state index contributed by atoms with van der Waals surface area (Å²) < 4.78 is 0.792. The highest BCUT2D eigenvalue weighted by molar-refractivity contribution is 9.10. The van der Waals surface area contributed by atoms with E-state index in [9.17, 15) is 4.79 Å². The standard InChI is InChI=1S/C14H23BrN4O.ClH/c1-8(2)12-11(15)13(18-17-12)14(20)19-6-4-5-10(7-19)9(3)16;/h8-10H,4-7,16H2,1-3H3,(H,17,18);1H. The third-order valence-electron chi connectivity index (χ3n) is 4.00. The molecule has 1 aromatic heterocycles. The van der Waals surface area contributed by atoms with E-state index in [1.807, 2.05) is 11.8 Å². The summed E-state index contributed by atoms with van der Waals surface area (Å²) in [5.41, 5.74) is 7.42. The Morgan fingerprint density at radius 3 is 2.67 bits per heavy atom. The lowest BCUT2D eigenvalue weighted by atomic mass is 9.92. The lowest BCUT2D eigenvalue weighted by Gasteiger charge is -2.34. The van der Waals surface area contributed by atoms with E-state index in [0.29, 0.717) is 17.5 Å². The normalized spacial score (nSPS) is 20.3. The SMILES string of the molecule is CC(C)c1[nH]nc(C(=O)N2CCCC(C(C)N)C2)c1Br.Cl. The van der Waals surface area contributed by atoms with Crippen molar-refractivity contribution in [1.82, 2.24) is 15.1 Å². The van der Waals surface area contributed by atoms with Crippen molar-refractivity contribution in [3.05, 3.63) is 15.9 Å². The molecule has 3 N–H and O–H groups in total. The summed E-state index contributed by atoms with van der Waals surface area (Å²) in [7, 11) is 0. The highest BCUT2D eigenvalue weighted by atomic mass is 79.9. The van der Waals surface area contributed by atoms with Gasteiger partial charge in [0.15, 0.2) is 5.69 Å². The van der Waals surface area contributed by atoms with Crippen LogP contribution in [-0.4, -0.2) is 40.1 Å². The number of aromatic nitrogens is 2. The molecule has 1 fully saturated rings. The van der Waals surface area contributed by atoms with Crippen LogP contribution >= 0.6 is 28.3 Å². The number of halogens is 2. The second-order valence-corrected chi connectivity index (χ2v) is 6.76. The summed E-state index contributed by atoms with van der Waals surface area (Å²) in [6.07, 6.45) is 2.11. The third-order valence-corrected chi connectivity index (χ3v) is 4.80. The van der Waals surface area contributed by atoms with E-state index in [1.165, 1.54) is 0 Å². The Bertz CT molecular complexity index is 489. The molecule has 7 heteroatoms. The number of hydrogen-bond donors (Lipinski definition) is 2. The fourth-order valence-electron chi connectivity index (χ4n) is 2.64. The number of H-pyrrole nitrogens is 1. The number of aromatic amines is 1. The Labute approximate surface area is 140 Å². The van der Waals surface area contributed by atoms with E-state index in [2.05, 4.69) is 40.0 Å². The van der Waals surface area contributed by atoms with Crippen molar-refractivity contribution in [2.45, 2.75) is 45.6 Å². The van der Waals surface area contributed by atoms with Crippen molar-refractivity contribution in [3.8, 4) is 0 Å². The predicted molar refractivity (Wildman–Crippen MR) is 89.9 cm³/mol. The summed E-state index contributed by atoms with van der Waals surface area (Å²) >= 11 is 3.50. The molecule has 120 valence electrons. The van der Waals surface area contributed by atoms with E-state index < -0.39 is 0 Å². The van der Waals surface area contributed by atoms with Crippen molar-refractivity contribution in [1.29, 1.82) is 0 Å². The quantitative estimate of drug-likeness (QED) is 0.848. The van der Waals surface area contributed by atoms with Crippen LogP contribution in [0.4, 0.5) is 0 Å². The van der Waals surface area contributed by atoms with Gasteiger partial charge in [-0.15, -0.1) is 12.4 Å². The van der Waals surface area contributed by atoms with Crippen LogP contribution in [0.5, 0.6) is 0 Å². The van der Waals surface area contributed by atoms with Gasteiger partial charge in [0.2, 0.25) is 0 Å². The minimum Gasteiger partial charge on any atom is -0.337 e. The number of rotatable bonds is 3. The summed E-state index contributed by atoms with van der Waals surface area (Å²) in [5, 5.41) is 7.15. The maximum atomic E-state index is 12.6. The Morgan fingerprint density at radius 1 is 1.48 bits per heavy atom. The summed E-state index contributed by atoms with van der Waals surface area (Å²) in [4.78, 5) is 14.5. The number of carbonyl (C=O) groups is 1. The highest BCUT2D eigenvalue weighted by Crippen LogP contribution is 2.28. The monoisotopic (exact) mass is 378 g/mol. The topological polar surface area (TPSA) is 75.0 Å². The molecule has 21 heavy (non-hydrogen) atoms. The minimum absolute atomic E-state index is 0. The lowest BCUT2D eigenvalue weighted by molar-refractivity contribution is 0.0654.